The summed E-state index contributed by atoms with van der Waals surface area (Å²) in [4.78, 5) is 26.0. The molecule has 3 aromatic rings. The lowest BCUT2D eigenvalue weighted by atomic mass is 9.76. The summed E-state index contributed by atoms with van der Waals surface area (Å²) < 4.78 is 10.0. The van der Waals surface area contributed by atoms with E-state index in [9.17, 15) is 9.59 Å². The third kappa shape index (κ3) is 4.59. The van der Waals surface area contributed by atoms with Gasteiger partial charge in [0.05, 0.1) is 18.2 Å². The maximum Gasteiger partial charge on any atom is 0.336 e. The zero-order valence-corrected chi connectivity index (χ0v) is 18.8. The van der Waals surface area contributed by atoms with E-state index in [1.165, 1.54) is 14.0 Å². The van der Waals surface area contributed by atoms with Crippen molar-refractivity contribution in [3.8, 4) is 0 Å². The number of hydrogen-bond acceptors (Lipinski definition) is 5. The minimum Gasteiger partial charge on any atom is -0.466 e. The van der Waals surface area contributed by atoms with Gasteiger partial charge in [-0.2, -0.15) is 0 Å². The molecule has 1 unspecified atom stereocenters. The van der Waals surface area contributed by atoms with Gasteiger partial charge in [0.25, 0.3) is 0 Å². The molecule has 3 aromatic carbocycles. The van der Waals surface area contributed by atoms with Gasteiger partial charge < -0.3 is 9.47 Å². The Balaban J connectivity index is 1.83. The molecule has 168 valence electrons. The van der Waals surface area contributed by atoms with Gasteiger partial charge in [0.1, 0.15) is 6.61 Å². The molecule has 0 amide bonds. The first kappa shape index (κ1) is 22.5. The maximum atomic E-state index is 12.4. The number of carbonyl (C=O) groups excluding carboxylic acids is 2. The first-order chi connectivity index (χ1) is 16.1. The highest BCUT2D eigenvalue weighted by Crippen LogP contribution is 2.48. The highest BCUT2D eigenvalue weighted by molar-refractivity contribution is 5.89. The topological polar surface area (TPSA) is 55.6 Å². The zero-order valence-electron chi connectivity index (χ0n) is 18.8. The van der Waals surface area contributed by atoms with Crippen molar-refractivity contribution in [2.45, 2.75) is 18.5 Å². The minimum atomic E-state index is -0.548. The van der Waals surface area contributed by atoms with E-state index < -0.39 is 17.5 Å². The van der Waals surface area contributed by atoms with Gasteiger partial charge in [0, 0.05) is 19.5 Å². The van der Waals surface area contributed by atoms with Gasteiger partial charge in [0.15, 0.2) is 0 Å². The van der Waals surface area contributed by atoms with E-state index in [0.717, 1.165) is 23.2 Å². The molecule has 0 aliphatic carbocycles. The molecular formula is C28H27NO4. The lowest BCUT2D eigenvalue weighted by molar-refractivity contribution is -0.142. The van der Waals surface area contributed by atoms with E-state index >= 15 is 0 Å². The number of hydrogen-bond donors (Lipinski definition) is 0. The van der Waals surface area contributed by atoms with Gasteiger partial charge in [-0.25, -0.2) is 4.79 Å². The smallest absolute Gasteiger partial charge is 0.336 e. The number of ether oxygens (including phenoxy) is 2. The third-order valence-electron chi connectivity index (χ3n) is 5.93. The van der Waals surface area contributed by atoms with Crippen molar-refractivity contribution in [1.82, 2.24) is 4.90 Å². The second kappa shape index (κ2) is 9.84. The largest absolute Gasteiger partial charge is 0.466 e. The number of methoxy groups -OCH3 is 1. The Morgan fingerprint density at radius 3 is 1.73 bits per heavy atom. The fourth-order valence-corrected chi connectivity index (χ4v) is 4.44. The molecule has 5 nitrogen and oxygen atoms in total. The standard InChI is InChI=1S/C28H27NO4/c1-21(30)33-20-22(27(31)32-2)18-26-19-29(26)28(23-12-6-3-7-13-23,24-14-8-4-9-15-24)25-16-10-5-11-17-25/h3-18,26H,19-20H2,1-2H3/b22-18+/t26-,29?/m1/s1. The fourth-order valence-electron chi connectivity index (χ4n) is 4.44. The van der Waals surface area contributed by atoms with E-state index in [2.05, 4.69) is 41.3 Å². The quantitative estimate of drug-likeness (QED) is 0.225. The molecule has 0 N–H and O–H groups in total. The summed E-state index contributed by atoms with van der Waals surface area (Å²) in [5.74, 6) is -0.933. The van der Waals surface area contributed by atoms with Crippen molar-refractivity contribution < 1.29 is 19.1 Å². The highest BCUT2D eigenvalue weighted by atomic mass is 16.5. The summed E-state index contributed by atoms with van der Waals surface area (Å²) in [5.41, 5.74) is 3.20. The SMILES string of the molecule is COC(=O)/C(=C/[C@@H]1CN1C(c1ccccc1)(c1ccccc1)c1ccccc1)COC(C)=O. The lowest BCUT2D eigenvalue weighted by Gasteiger charge is -2.38. The van der Waals surface area contributed by atoms with Crippen LogP contribution in [0.3, 0.4) is 0 Å². The Kier molecular flexibility index (Phi) is 6.71. The third-order valence-corrected chi connectivity index (χ3v) is 5.93. The molecule has 0 radical (unpaired) electrons. The molecule has 0 bridgehead atoms. The van der Waals surface area contributed by atoms with Crippen LogP contribution in [0.25, 0.3) is 0 Å². The van der Waals surface area contributed by atoms with E-state index in [1.54, 1.807) is 0 Å². The van der Waals surface area contributed by atoms with Gasteiger partial charge in [-0.15, -0.1) is 0 Å². The molecule has 0 saturated carbocycles. The molecule has 1 aliphatic rings. The Bertz CT molecular complexity index is 1030. The van der Waals surface area contributed by atoms with E-state index in [4.69, 9.17) is 9.47 Å². The van der Waals surface area contributed by atoms with Crippen molar-refractivity contribution in [3.05, 3.63) is 119 Å². The molecule has 2 atom stereocenters. The van der Waals surface area contributed by atoms with Crippen LogP contribution in [0.1, 0.15) is 23.6 Å². The van der Waals surface area contributed by atoms with Crippen LogP contribution >= 0.6 is 0 Å². The second-order valence-corrected chi connectivity index (χ2v) is 7.99. The number of nitrogens with zero attached hydrogens (tertiary/aromatic N) is 1. The summed E-state index contributed by atoms with van der Waals surface area (Å²) in [6.07, 6.45) is 1.86. The van der Waals surface area contributed by atoms with Crippen LogP contribution in [0.5, 0.6) is 0 Å². The normalized spacial score (nSPS) is 17.8. The average Bonchev–Trinajstić information content (AvgIpc) is 3.63. The molecule has 0 aromatic heterocycles. The summed E-state index contributed by atoms with van der Waals surface area (Å²) in [6, 6.07) is 31.1. The van der Waals surface area contributed by atoms with Gasteiger partial charge >= 0.3 is 11.9 Å². The minimum absolute atomic E-state index is 0.0322. The predicted octanol–water partition coefficient (Wildman–Crippen LogP) is 4.33. The van der Waals surface area contributed by atoms with Crippen LogP contribution in [-0.4, -0.2) is 43.1 Å². The second-order valence-electron chi connectivity index (χ2n) is 7.99. The van der Waals surface area contributed by atoms with Gasteiger partial charge in [-0.3, -0.25) is 9.69 Å². The maximum absolute atomic E-state index is 12.4. The van der Waals surface area contributed by atoms with Crippen LogP contribution in [0.4, 0.5) is 0 Å². The Labute approximate surface area is 194 Å². The van der Waals surface area contributed by atoms with Gasteiger partial charge in [-0.05, 0) is 16.7 Å². The molecule has 0 spiro atoms. The molecular weight excluding hydrogens is 414 g/mol. The molecule has 1 saturated heterocycles. The molecule has 5 heteroatoms. The molecule has 33 heavy (non-hydrogen) atoms. The Morgan fingerprint density at radius 2 is 1.33 bits per heavy atom. The summed E-state index contributed by atoms with van der Waals surface area (Å²) >= 11 is 0. The Hall–Kier alpha value is -3.70. The summed E-state index contributed by atoms with van der Waals surface area (Å²) in [6.45, 7) is 1.95. The zero-order chi connectivity index (χ0) is 23.3. The van der Waals surface area contributed by atoms with E-state index in [-0.39, 0.29) is 12.6 Å². The van der Waals surface area contributed by atoms with Crippen molar-refractivity contribution in [3.63, 3.8) is 0 Å². The van der Waals surface area contributed by atoms with Crippen LogP contribution in [0.15, 0.2) is 103 Å². The highest BCUT2D eigenvalue weighted by Gasteiger charge is 2.52. The molecule has 1 heterocycles. The molecule has 1 fully saturated rings. The Morgan fingerprint density at radius 1 is 0.879 bits per heavy atom. The number of rotatable bonds is 8. The van der Waals surface area contributed by atoms with E-state index in [1.807, 2.05) is 60.7 Å². The van der Waals surface area contributed by atoms with Crippen molar-refractivity contribution >= 4 is 11.9 Å². The van der Waals surface area contributed by atoms with Crippen molar-refractivity contribution in [2.24, 2.45) is 0 Å². The van der Waals surface area contributed by atoms with Crippen molar-refractivity contribution in [2.75, 3.05) is 20.3 Å². The van der Waals surface area contributed by atoms with Crippen LogP contribution in [-0.2, 0) is 24.6 Å². The van der Waals surface area contributed by atoms with E-state index in [0.29, 0.717) is 5.57 Å². The average molecular weight is 442 g/mol. The summed E-state index contributed by atoms with van der Waals surface area (Å²) in [7, 11) is 1.33. The van der Waals surface area contributed by atoms with Gasteiger partial charge in [0.2, 0.25) is 0 Å². The molecule has 1 aliphatic heterocycles. The number of carbonyl (C=O) groups is 2. The van der Waals surface area contributed by atoms with Crippen LogP contribution < -0.4 is 0 Å². The number of esters is 2. The lowest BCUT2D eigenvalue weighted by Crippen LogP contribution is -2.38. The first-order valence-corrected chi connectivity index (χ1v) is 10.9. The monoisotopic (exact) mass is 441 g/mol. The van der Waals surface area contributed by atoms with Gasteiger partial charge in [-0.1, -0.05) is 97.1 Å². The predicted molar refractivity (Wildman–Crippen MR) is 126 cm³/mol. The molecule has 4 rings (SSSR count). The summed E-state index contributed by atoms with van der Waals surface area (Å²) in [5, 5.41) is 0. The number of benzene rings is 3. The fraction of sp³-hybridized carbons (Fsp3) is 0.214. The first-order valence-electron chi connectivity index (χ1n) is 10.9. The van der Waals surface area contributed by atoms with Crippen LogP contribution in [0.2, 0.25) is 0 Å². The van der Waals surface area contributed by atoms with Crippen molar-refractivity contribution in [1.29, 1.82) is 0 Å². The van der Waals surface area contributed by atoms with Crippen LogP contribution in [0, 0.1) is 0 Å².